The van der Waals surface area contributed by atoms with Gasteiger partial charge in [0.1, 0.15) is 5.82 Å². The van der Waals surface area contributed by atoms with Gasteiger partial charge in [-0.25, -0.2) is 0 Å². The molecule has 1 aliphatic rings. The number of benzene rings is 1. The van der Waals surface area contributed by atoms with Crippen molar-refractivity contribution in [1.29, 1.82) is 0 Å². The largest absolute Gasteiger partial charge is 0.356 e. The zero-order chi connectivity index (χ0) is 20.8. The molecule has 2 aromatic heterocycles. The van der Waals surface area contributed by atoms with Crippen LogP contribution in [-0.2, 0) is 6.42 Å². The van der Waals surface area contributed by atoms with E-state index in [0.29, 0.717) is 6.04 Å². The summed E-state index contributed by atoms with van der Waals surface area (Å²) in [7, 11) is 1.86. The highest BCUT2D eigenvalue weighted by Gasteiger charge is 2.25. The fourth-order valence-electron chi connectivity index (χ4n) is 4.31. The van der Waals surface area contributed by atoms with Crippen LogP contribution in [0.1, 0.15) is 30.8 Å². The first-order chi connectivity index (χ1) is 14.8. The number of halogens is 1. The van der Waals surface area contributed by atoms with Gasteiger partial charge < -0.3 is 10.2 Å². The van der Waals surface area contributed by atoms with Crippen LogP contribution in [0.5, 0.6) is 0 Å². The summed E-state index contributed by atoms with van der Waals surface area (Å²) >= 11 is 0. The van der Waals surface area contributed by atoms with Crippen molar-refractivity contribution in [2.24, 2.45) is 4.99 Å². The molecule has 0 radical (unpaired) electrons. The third-order valence-electron chi connectivity index (χ3n) is 5.85. The van der Waals surface area contributed by atoms with E-state index in [9.17, 15) is 0 Å². The Hall–Kier alpha value is -2.20. The number of pyridine rings is 1. The fourth-order valence-corrected chi connectivity index (χ4v) is 4.31. The normalized spacial score (nSPS) is 16.2. The van der Waals surface area contributed by atoms with Gasteiger partial charge in [0.2, 0.25) is 0 Å². The van der Waals surface area contributed by atoms with Crippen molar-refractivity contribution in [2.45, 2.75) is 25.8 Å². The summed E-state index contributed by atoms with van der Waals surface area (Å²) in [5.74, 6) is 1.93. The van der Waals surface area contributed by atoms with E-state index in [-0.39, 0.29) is 24.0 Å². The molecule has 1 unspecified atom stereocenters. The van der Waals surface area contributed by atoms with Gasteiger partial charge in [-0.15, -0.1) is 34.2 Å². The van der Waals surface area contributed by atoms with Crippen LogP contribution in [0.25, 0.3) is 5.65 Å². The predicted octanol–water partition coefficient (Wildman–Crippen LogP) is 3.23. The van der Waals surface area contributed by atoms with E-state index >= 15 is 0 Å². The molecule has 4 rings (SSSR count). The van der Waals surface area contributed by atoms with Crippen molar-refractivity contribution in [1.82, 2.24) is 29.7 Å². The molecule has 7 nitrogen and oxygen atoms in total. The highest BCUT2D eigenvalue weighted by molar-refractivity contribution is 14.0. The van der Waals surface area contributed by atoms with Crippen LogP contribution in [0, 0.1) is 0 Å². The molecule has 1 aliphatic heterocycles. The molecule has 0 aliphatic carbocycles. The van der Waals surface area contributed by atoms with E-state index in [1.165, 1.54) is 5.56 Å². The molecule has 31 heavy (non-hydrogen) atoms. The van der Waals surface area contributed by atoms with Crippen LogP contribution >= 0.6 is 24.0 Å². The second-order valence-corrected chi connectivity index (χ2v) is 7.63. The Bertz CT molecular complexity index is 964. The lowest BCUT2D eigenvalue weighted by Crippen LogP contribution is -2.53. The van der Waals surface area contributed by atoms with Gasteiger partial charge >= 0.3 is 0 Å². The number of hydrogen-bond acceptors (Lipinski definition) is 4. The molecule has 8 heteroatoms. The lowest BCUT2D eigenvalue weighted by Gasteiger charge is -2.40. The third-order valence-corrected chi connectivity index (χ3v) is 5.85. The Morgan fingerprint density at radius 3 is 2.48 bits per heavy atom. The number of nitrogens with one attached hydrogen (secondary N) is 1. The number of piperazine rings is 1. The van der Waals surface area contributed by atoms with E-state index in [2.05, 4.69) is 67.6 Å². The Kier molecular flexibility index (Phi) is 8.65. The first-order valence-corrected chi connectivity index (χ1v) is 10.8. The van der Waals surface area contributed by atoms with E-state index in [1.807, 2.05) is 35.8 Å². The molecular weight excluding hydrogens is 501 g/mol. The van der Waals surface area contributed by atoms with Gasteiger partial charge in [-0.05, 0) is 24.1 Å². The minimum atomic E-state index is 0. The first kappa shape index (κ1) is 23.5. The second kappa shape index (κ2) is 11.4. The van der Waals surface area contributed by atoms with Crippen LogP contribution in [-0.4, -0.2) is 70.1 Å². The van der Waals surface area contributed by atoms with Crippen molar-refractivity contribution >= 4 is 35.6 Å². The van der Waals surface area contributed by atoms with Crippen molar-refractivity contribution in [3.05, 3.63) is 66.1 Å². The molecule has 1 atom stereocenters. The Morgan fingerprint density at radius 2 is 1.77 bits per heavy atom. The summed E-state index contributed by atoms with van der Waals surface area (Å²) in [4.78, 5) is 9.47. The number of guanidine groups is 1. The van der Waals surface area contributed by atoms with Gasteiger partial charge in [-0.2, -0.15) is 0 Å². The third kappa shape index (κ3) is 5.54. The average molecular weight is 533 g/mol. The van der Waals surface area contributed by atoms with Crippen LogP contribution in [0.2, 0.25) is 0 Å². The van der Waals surface area contributed by atoms with Crippen molar-refractivity contribution in [3.8, 4) is 0 Å². The van der Waals surface area contributed by atoms with E-state index in [0.717, 1.165) is 63.0 Å². The smallest absolute Gasteiger partial charge is 0.193 e. The van der Waals surface area contributed by atoms with Gasteiger partial charge in [-0.3, -0.25) is 14.3 Å². The summed E-state index contributed by atoms with van der Waals surface area (Å²) in [5, 5.41) is 12.0. The van der Waals surface area contributed by atoms with Gasteiger partial charge in [0.15, 0.2) is 11.6 Å². The number of aliphatic imine (C=N–C) groups is 1. The zero-order valence-electron chi connectivity index (χ0n) is 18.3. The number of rotatable bonds is 6. The van der Waals surface area contributed by atoms with Gasteiger partial charge in [-0.1, -0.05) is 43.3 Å². The van der Waals surface area contributed by atoms with Crippen molar-refractivity contribution in [3.63, 3.8) is 0 Å². The molecule has 1 saturated heterocycles. The van der Waals surface area contributed by atoms with E-state index in [4.69, 9.17) is 0 Å². The molecule has 0 bridgehead atoms. The SMILES string of the molecule is CCC(c1ccccc1)N1CCN(C(=NC)NCCc2nnc3ccccn23)CC1.I. The van der Waals surface area contributed by atoms with Gasteiger partial charge in [0.05, 0.1) is 0 Å². The van der Waals surface area contributed by atoms with Crippen LogP contribution in [0.15, 0.2) is 59.7 Å². The van der Waals surface area contributed by atoms with E-state index in [1.54, 1.807) is 0 Å². The summed E-state index contributed by atoms with van der Waals surface area (Å²) in [6.45, 7) is 7.11. The Balaban J connectivity index is 0.00000272. The van der Waals surface area contributed by atoms with Crippen LogP contribution < -0.4 is 5.32 Å². The molecule has 1 N–H and O–H groups in total. The molecule has 0 spiro atoms. The maximum Gasteiger partial charge on any atom is 0.193 e. The Morgan fingerprint density at radius 1 is 1.03 bits per heavy atom. The standard InChI is InChI=1S/C23H31N7.HI/c1-3-20(19-9-5-4-6-10-19)28-15-17-29(18-16-28)23(24-2)25-13-12-22-27-26-21-11-7-8-14-30(21)22;/h4-11,14,20H,3,12-13,15-18H2,1-2H3,(H,24,25);1H. The molecule has 0 saturated carbocycles. The highest BCUT2D eigenvalue weighted by Crippen LogP contribution is 2.25. The molecule has 1 aromatic carbocycles. The summed E-state index contributed by atoms with van der Waals surface area (Å²) in [5.41, 5.74) is 2.30. The minimum Gasteiger partial charge on any atom is -0.356 e. The Labute approximate surface area is 201 Å². The monoisotopic (exact) mass is 533 g/mol. The average Bonchev–Trinajstić information content (AvgIpc) is 3.22. The topological polar surface area (TPSA) is 61.1 Å². The molecular formula is C23H32IN7. The zero-order valence-corrected chi connectivity index (χ0v) is 20.6. The number of aromatic nitrogens is 3. The lowest BCUT2D eigenvalue weighted by molar-refractivity contribution is 0.127. The molecule has 166 valence electrons. The summed E-state index contributed by atoms with van der Waals surface area (Å²) in [6, 6.07) is 17.3. The lowest BCUT2D eigenvalue weighted by atomic mass is 10.0. The maximum absolute atomic E-state index is 4.51. The number of fused-ring (bicyclic) bond motifs is 1. The quantitative estimate of drug-likeness (QED) is 0.300. The van der Waals surface area contributed by atoms with Crippen LogP contribution in [0.3, 0.4) is 0 Å². The molecule has 3 aromatic rings. The number of nitrogens with zero attached hydrogens (tertiary/aromatic N) is 6. The van der Waals surface area contributed by atoms with Gasteiger partial charge in [0, 0.05) is 58.4 Å². The highest BCUT2D eigenvalue weighted by atomic mass is 127. The number of hydrogen-bond donors (Lipinski definition) is 1. The molecule has 3 heterocycles. The van der Waals surface area contributed by atoms with Crippen molar-refractivity contribution in [2.75, 3.05) is 39.8 Å². The van der Waals surface area contributed by atoms with Crippen LogP contribution in [0.4, 0.5) is 0 Å². The maximum atomic E-state index is 4.51. The second-order valence-electron chi connectivity index (χ2n) is 7.63. The fraction of sp³-hybridized carbons (Fsp3) is 0.435. The first-order valence-electron chi connectivity index (χ1n) is 10.8. The molecule has 1 fully saturated rings. The minimum absolute atomic E-state index is 0. The molecule has 0 amide bonds. The predicted molar refractivity (Wildman–Crippen MR) is 136 cm³/mol. The van der Waals surface area contributed by atoms with Gasteiger partial charge in [0.25, 0.3) is 0 Å². The van der Waals surface area contributed by atoms with E-state index < -0.39 is 0 Å². The summed E-state index contributed by atoms with van der Waals surface area (Å²) in [6.07, 6.45) is 3.94. The van der Waals surface area contributed by atoms with Crippen molar-refractivity contribution < 1.29 is 0 Å². The summed E-state index contributed by atoms with van der Waals surface area (Å²) < 4.78 is 2.04.